The van der Waals surface area contributed by atoms with Gasteiger partial charge in [-0.3, -0.25) is 4.98 Å². The maximum atomic E-state index is 5.86. The van der Waals surface area contributed by atoms with Crippen LogP contribution in [0.1, 0.15) is 16.8 Å². The van der Waals surface area contributed by atoms with Crippen molar-refractivity contribution in [3.63, 3.8) is 0 Å². The topological polar surface area (TPSA) is 22.1 Å². The second-order valence-corrected chi connectivity index (χ2v) is 5.05. The first-order valence-corrected chi connectivity index (χ1v) is 6.77. The predicted molar refractivity (Wildman–Crippen MR) is 82.0 cm³/mol. The smallest absolute Gasteiger partial charge is 0.119 e. The largest absolute Gasteiger partial charge is 0.489 e. The van der Waals surface area contributed by atoms with Gasteiger partial charge in [0.1, 0.15) is 12.4 Å². The molecule has 0 N–H and O–H groups in total. The monoisotopic (exact) mass is 263 g/mol. The molecule has 0 unspecified atom stereocenters. The maximum absolute atomic E-state index is 5.86. The molecule has 0 fully saturated rings. The molecule has 0 radical (unpaired) electrons. The minimum atomic E-state index is 0.562. The van der Waals surface area contributed by atoms with Gasteiger partial charge in [0.05, 0.1) is 5.52 Å². The fourth-order valence-corrected chi connectivity index (χ4v) is 2.36. The van der Waals surface area contributed by atoms with Crippen LogP contribution in [-0.2, 0) is 6.61 Å². The third-order valence-electron chi connectivity index (χ3n) is 3.32. The summed E-state index contributed by atoms with van der Waals surface area (Å²) in [7, 11) is 0. The molecule has 3 rings (SSSR count). The highest BCUT2D eigenvalue weighted by atomic mass is 16.5. The Hall–Kier alpha value is -2.35. The number of benzene rings is 2. The molecular weight excluding hydrogens is 246 g/mol. The summed E-state index contributed by atoms with van der Waals surface area (Å²) in [4.78, 5) is 4.60. The maximum Gasteiger partial charge on any atom is 0.119 e. The molecule has 0 atom stereocenters. The lowest BCUT2D eigenvalue weighted by Crippen LogP contribution is -1.99. The van der Waals surface area contributed by atoms with E-state index in [1.807, 2.05) is 37.3 Å². The molecule has 0 spiro atoms. The molecule has 2 nitrogen and oxygen atoms in total. The second kappa shape index (κ2) is 5.33. The van der Waals surface area contributed by atoms with Gasteiger partial charge in [-0.05, 0) is 43.7 Å². The van der Waals surface area contributed by atoms with Crippen molar-refractivity contribution in [3.05, 3.63) is 71.4 Å². The van der Waals surface area contributed by atoms with E-state index in [-0.39, 0.29) is 0 Å². The van der Waals surface area contributed by atoms with Crippen LogP contribution in [0.4, 0.5) is 0 Å². The summed E-state index contributed by atoms with van der Waals surface area (Å²) in [5.74, 6) is 0.891. The highest BCUT2D eigenvalue weighted by molar-refractivity contribution is 5.83. The summed E-state index contributed by atoms with van der Waals surface area (Å²) in [6.07, 6.45) is 0. The van der Waals surface area contributed by atoms with E-state index in [1.54, 1.807) is 0 Å². The van der Waals surface area contributed by atoms with Gasteiger partial charge in [0.25, 0.3) is 0 Å². The number of rotatable bonds is 3. The van der Waals surface area contributed by atoms with Crippen LogP contribution in [0.3, 0.4) is 0 Å². The van der Waals surface area contributed by atoms with Gasteiger partial charge in [-0.15, -0.1) is 0 Å². The molecule has 3 aromatic rings. The van der Waals surface area contributed by atoms with Crippen LogP contribution in [0.25, 0.3) is 10.9 Å². The molecule has 20 heavy (non-hydrogen) atoms. The number of ether oxygens (including phenoxy) is 1. The van der Waals surface area contributed by atoms with Crippen molar-refractivity contribution in [1.29, 1.82) is 0 Å². The molecule has 0 aliphatic carbocycles. The van der Waals surface area contributed by atoms with Crippen LogP contribution >= 0.6 is 0 Å². The molecule has 1 heterocycles. The second-order valence-electron chi connectivity index (χ2n) is 5.05. The van der Waals surface area contributed by atoms with Crippen molar-refractivity contribution < 1.29 is 4.74 Å². The van der Waals surface area contributed by atoms with Crippen LogP contribution in [0.5, 0.6) is 5.75 Å². The molecule has 0 saturated heterocycles. The summed E-state index contributed by atoms with van der Waals surface area (Å²) in [6, 6.07) is 18.4. The van der Waals surface area contributed by atoms with Crippen molar-refractivity contribution in [3.8, 4) is 5.75 Å². The SMILES string of the molecule is Cc1ccc2c(COc3ccccc3)cc(C)nc2c1. The zero-order valence-corrected chi connectivity index (χ0v) is 11.8. The molecule has 100 valence electrons. The first-order chi connectivity index (χ1) is 9.72. The van der Waals surface area contributed by atoms with E-state index in [2.05, 4.69) is 36.2 Å². The molecular formula is C18H17NO. The highest BCUT2D eigenvalue weighted by Crippen LogP contribution is 2.21. The molecule has 2 aromatic carbocycles. The van der Waals surface area contributed by atoms with Crippen molar-refractivity contribution in [2.75, 3.05) is 0 Å². The predicted octanol–water partition coefficient (Wildman–Crippen LogP) is 4.43. The van der Waals surface area contributed by atoms with E-state index >= 15 is 0 Å². The van der Waals surface area contributed by atoms with Gasteiger partial charge in [0, 0.05) is 16.6 Å². The average Bonchev–Trinajstić information content (AvgIpc) is 2.45. The lowest BCUT2D eigenvalue weighted by Gasteiger charge is -2.10. The van der Waals surface area contributed by atoms with Gasteiger partial charge in [0.15, 0.2) is 0 Å². The lowest BCUT2D eigenvalue weighted by molar-refractivity contribution is 0.307. The van der Waals surface area contributed by atoms with E-state index < -0.39 is 0 Å². The van der Waals surface area contributed by atoms with Crippen LogP contribution in [0, 0.1) is 13.8 Å². The first kappa shape index (κ1) is 12.7. The standard InChI is InChI=1S/C18H17NO/c1-13-8-9-17-15(11-14(2)19-18(17)10-13)12-20-16-6-4-3-5-7-16/h3-11H,12H2,1-2H3. The molecule has 2 heteroatoms. The van der Waals surface area contributed by atoms with Gasteiger partial charge in [0.2, 0.25) is 0 Å². The van der Waals surface area contributed by atoms with Gasteiger partial charge in [-0.2, -0.15) is 0 Å². The number of hydrogen-bond donors (Lipinski definition) is 0. The van der Waals surface area contributed by atoms with Crippen molar-refractivity contribution in [2.45, 2.75) is 20.5 Å². The average molecular weight is 263 g/mol. The Bertz CT molecular complexity index is 730. The first-order valence-electron chi connectivity index (χ1n) is 6.77. The molecule has 0 saturated carbocycles. The molecule has 0 bridgehead atoms. The summed E-state index contributed by atoms with van der Waals surface area (Å²) in [5.41, 5.74) is 4.47. The summed E-state index contributed by atoms with van der Waals surface area (Å²) >= 11 is 0. The Morgan fingerprint density at radius 2 is 1.75 bits per heavy atom. The summed E-state index contributed by atoms with van der Waals surface area (Å²) in [5, 5.41) is 1.16. The van der Waals surface area contributed by atoms with Crippen LogP contribution in [-0.4, -0.2) is 4.98 Å². The lowest BCUT2D eigenvalue weighted by atomic mass is 10.1. The molecule has 0 aliphatic rings. The minimum absolute atomic E-state index is 0.562. The number of aromatic nitrogens is 1. The number of pyridine rings is 1. The van der Waals surface area contributed by atoms with Crippen LogP contribution in [0.15, 0.2) is 54.6 Å². The van der Waals surface area contributed by atoms with Gasteiger partial charge in [-0.1, -0.05) is 30.3 Å². The van der Waals surface area contributed by atoms with Crippen molar-refractivity contribution in [2.24, 2.45) is 0 Å². The Labute approximate surface area is 119 Å². The van der Waals surface area contributed by atoms with E-state index in [0.29, 0.717) is 6.61 Å². The van der Waals surface area contributed by atoms with E-state index in [4.69, 9.17) is 4.74 Å². The number of aryl methyl sites for hydroxylation is 2. The van der Waals surface area contributed by atoms with Gasteiger partial charge >= 0.3 is 0 Å². The van der Waals surface area contributed by atoms with E-state index in [9.17, 15) is 0 Å². The Balaban J connectivity index is 1.94. The number of nitrogens with zero attached hydrogens (tertiary/aromatic N) is 1. The summed E-state index contributed by atoms with van der Waals surface area (Å²) in [6.45, 7) is 4.67. The Kier molecular flexibility index (Phi) is 3.38. The fourth-order valence-electron chi connectivity index (χ4n) is 2.36. The Morgan fingerprint density at radius 3 is 2.55 bits per heavy atom. The fraction of sp³-hybridized carbons (Fsp3) is 0.167. The van der Waals surface area contributed by atoms with E-state index in [0.717, 1.165) is 22.3 Å². The quantitative estimate of drug-likeness (QED) is 0.697. The van der Waals surface area contributed by atoms with Crippen LogP contribution < -0.4 is 4.74 Å². The third-order valence-corrected chi connectivity index (χ3v) is 3.32. The highest BCUT2D eigenvalue weighted by Gasteiger charge is 2.05. The molecule has 0 aliphatic heterocycles. The number of para-hydroxylation sites is 1. The summed E-state index contributed by atoms with van der Waals surface area (Å²) < 4.78 is 5.86. The minimum Gasteiger partial charge on any atom is -0.489 e. The van der Waals surface area contributed by atoms with E-state index in [1.165, 1.54) is 11.1 Å². The molecule has 0 amide bonds. The van der Waals surface area contributed by atoms with Gasteiger partial charge < -0.3 is 4.74 Å². The number of fused-ring (bicyclic) bond motifs is 1. The van der Waals surface area contributed by atoms with Crippen molar-refractivity contribution in [1.82, 2.24) is 4.98 Å². The zero-order chi connectivity index (χ0) is 13.9. The normalized spacial score (nSPS) is 10.7. The molecule has 1 aromatic heterocycles. The Morgan fingerprint density at radius 1 is 0.950 bits per heavy atom. The van der Waals surface area contributed by atoms with Crippen LogP contribution in [0.2, 0.25) is 0 Å². The zero-order valence-electron chi connectivity index (χ0n) is 11.8. The number of hydrogen-bond acceptors (Lipinski definition) is 2. The van der Waals surface area contributed by atoms with Crippen molar-refractivity contribution >= 4 is 10.9 Å². The van der Waals surface area contributed by atoms with Gasteiger partial charge in [-0.25, -0.2) is 0 Å². The third kappa shape index (κ3) is 2.64.